The third kappa shape index (κ3) is 6.50. The standard InChI is InChI=1S/C26H34N4O4/c1-6-24(32)30-17(2)15-21(20-9-7-8-10-22(20)30)28-18-11-13-19(14-12-18)29-23(31)16-27-25(33)34-26(3,4)5/h7-14,17,21,28H,6,15-16H2,1-5H3,(H,27,33)(H,29,31)/t17-,21+/m0/s1. The predicted octanol–water partition coefficient (Wildman–Crippen LogP) is 4.84. The van der Waals surface area contributed by atoms with Crippen molar-refractivity contribution < 1.29 is 19.1 Å². The lowest BCUT2D eigenvalue weighted by Gasteiger charge is -2.40. The van der Waals surface area contributed by atoms with Gasteiger partial charge in [-0.15, -0.1) is 0 Å². The second-order valence-electron chi connectivity index (χ2n) is 9.44. The fraction of sp³-hybridized carbons (Fsp3) is 0.423. The number of nitrogens with zero attached hydrogens (tertiary/aromatic N) is 1. The zero-order valence-corrected chi connectivity index (χ0v) is 20.5. The second-order valence-corrected chi connectivity index (χ2v) is 9.44. The minimum absolute atomic E-state index is 0.0607. The van der Waals surface area contributed by atoms with Crippen molar-refractivity contribution in [3.8, 4) is 0 Å². The van der Waals surface area contributed by atoms with Gasteiger partial charge in [-0.3, -0.25) is 9.59 Å². The highest BCUT2D eigenvalue weighted by Crippen LogP contribution is 2.39. The SMILES string of the molecule is CCC(=O)N1c2ccccc2[C@H](Nc2ccc(NC(=O)CNC(=O)OC(C)(C)C)cc2)C[C@@H]1C. The average Bonchev–Trinajstić information content (AvgIpc) is 2.77. The Bertz CT molecular complexity index is 1030. The maximum Gasteiger partial charge on any atom is 0.408 e. The Labute approximate surface area is 201 Å². The Morgan fingerprint density at radius 2 is 1.68 bits per heavy atom. The highest BCUT2D eigenvalue weighted by molar-refractivity contribution is 5.95. The number of ether oxygens (including phenoxy) is 1. The van der Waals surface area contributed by atoms with E-state index < -0.39 is 11.7 Å². The van der Waals surface area contributed by atoms with E-state index in [1.165, 1.54) is 0 Å². The zero-order valence-electron chi connectivity index (χ0n) is 20.5. The lowest BCUT2D eigenvalue weighted by atomic mass is 9.91. The van der Waals surface area contributed by atoms with Crippen LogP contribution in [0.25, 0.3) is 0 Å². The van der Waals surface area contributed by atoms with E-state index in [1.807, 2.05) is 42.2 Å². The van der Waals surface area contributed by atoms with Gasteiger partial charge < -0.3 is 25.6 Å². The summed E-state index contributed by atoms with van der Waals surface area (Å²) in [5.41, 5.74) is 2.95. The van der Waals surface area contributed by atoms with E-state index in [-0.39, 0.29) is 30.4 Å². The molecule has 0 fully saturated rings. The van der Waals surface area contributed by atoms with Crippen LogP contribution in [-0.2, 0) is 14.3 Å². The van der Waals surface area contributed by atoms with Crippen molar-refractivity contribution in [2.45, 2.75) is 65.1 Å². The van der Waals surface area contributed by atoms with Gasteiger partial charge in [0.1, 0.15) is 12.1 Å². The van der Waals surface area contributed by atoms with Gasteiger partial charge >= 0.3 is 6.09 Å². The Morgan fingerprint density at radius 1 is 1.03 bits per heavy atom. The van der Waals surface area contributed by atoms with Crippen molar-refractivity contribution in [1.29, 1.82) is 0 Å². The van der Waals surface area contributed by atoms with Gasteiger partial charge in [-0.2, -0.15) is 0 Å². The highest BCUT2D eigenvalue weighted by atomic mass is 16.6. The summed E-state index contributed by atoms with van der Waals surface area (Å²) in [4.78, 5) is 38.2. The lowest BCUT2D eigenvalue weighted by Crippen LogP contribution is -2.44. The number of fused-ring (bicyclic) bond motifs is 1. The minimum Gasteiger partial charge on any atom is -0.444 e. The number of amides is 3. The molecule has 3 N–H and O–H groups in total. The van der Waals surface area contributed by atoms with Crippen molar-refractivity contribution in [1.82, 2.24) is 5.32 Å². The minimum atomic E-state index is -0.636. The molecule has 2 atom stereocenters. The first-order valence-corrected chi connectivity index (χ1v) is 11.6. The van der Waals surface area contributed by atoms with Crippen molar-refractivity contribution >= 4 is 35.0 Å². The molecule has 0 aromatic heterocycles. The van der Waals surface area contributed by atoms with E-state index in [9.17, 15) is 14.4 Å². The third-order valence-electron chi connectivity index (χ3n) is 5.46. The topological polar surface area (TPSA) is 99.8 Å². The Kier molecular flexibility index (Phi) is 7.81. The lowest BCUT2D eigenvalue weighted by molar-refractivity contribution is -0.119. The largest absolute Gasteiger partial charge is 0.444 e. The van der Waals surface area contributed by atoms with Crippen LogP contribution in [0.4, 0.5) is 21.9 Å². The number of alkyl carbamates (subject to hydrolysis) is 1. The van der Waals surface area contributed by atoms with E-state index in [1.54, 1.807) is 32.9 Å². The molecular weight excluding hydrogens is 432 g/mol. The van der Waals surface area contributed by atoms with Crippen molar-refractivity contribution in [2.75, 3.05) is 22.1 Å². The van der Waals surface area contributed by atoms with Gasteiger partial charge in [0.05, 0.1) is 6.04 Å². The third-order valence-corrected chi connectivity index (χ3v) is 5.46. The van der Waals surface area contributed by atoms with Crippen LogP contribution in [0, 0.1) is 0 Å². The molecule has 3 rings (SSSR count). The number of hydrogen-bond acceptors (Lipinski definition) is 5. The van der Waals surface area contributed by atoms with Crippen LogP contribution >= 0.6 is 0 Å². The summed E-state index contributed by atoms with van der Waals surface area (Å²) < 4.78 is 5.12. The Morgan fingerprint density at radius 3 is 2.32 bits per heavy atom. The molecule has 0 aliphatic carbocycles. The number of carbonyl (C=O) groups is 3. The number of rotatable bonds is 6. The molecule has 182 valence electrons. The summed E-state index contributed by atoms with van der Waals surface area (Å²) >= 11 is 0. The molecule has 8 nitrogen and oxygen atoms in total. The van der Waals surface area contributed by atoms with Gasteiger partial charge in [-0.1, -0.05) is 25.1 Å². The molecule has 0 bridgehead atoms. The number of hydrogen-bond donors (Lipinski definition) is 3. The molecule has 3 amide bonds. The van der Waals surface area contributed by atoms with E-state index in [2.05, 4.69) is 28.9 Å². The molecular formula is C26H34N4O4. The molecule has 1 aliphatic rings. The van der Waals surface area contributed by atoms with Crippen molar-refractivity contribution in [2.24, 2.45) is 0 Å². The average molecular weight is 467 g/mol. The maximum absolute atomic E-state index is 12.5. The van der Waals surface area contributed by atoms with Crippen molar-refractivity contribution in [3.63, 3.8) is 0 Å². The first kappa shape index (κ1) is 25.1. The number of carbonyl (C=O) groups excluding carboxylic acids is 3. The molecule has 0 saturated carbocycles. The fourth-order valence-electron chi connectivity index (χ4n) is 4.02. The number of para-hydroxylation sites is 1. The molecule has 0 saturated heterocycles. The summed E-state index contributed by atoms with van der Waals surface area (Å²) in [6.07, 6.45) is 0.623. The highest BCUT2D eigenvalue weighted by Gasteiger charge is 2.32. The summed E-state index contributed by atoms with van der Waals surface area (Å²) in [5.74, 6) is -0.220. The Hall–Kier alpha value is -3.55. The van der Waals surface area contributed by atoms with Crippen LogP contribution in [-0.4, -0.2) is 36.1 Å². The first-order valence-electron chi connectivity index (χ1n) is 11.6. The summed E-state index contributed by atoms with van der Waals surface area (Å²) in [5, 5.41) is 8.76. The van der Waals surface area contributed by atoms with Gasteiger partial charge in [0, 0.05) is 29.5 Å². The van der Waals surface area contributed by atoms with E-state index >= 15 is 0 Å². The van der Waals surface area contributed by atoms with Crippen LogP contribution in [0.1, 0.15) is 59.1 Å². The summed E-state index contributed by atoms with van der Waals surface area (Å²) in [6.45, 7) is 9.05. The first-order chi connectivity index (χ1) is 16.1. The molecule has 2 aromatic rings. The van der Waals surface area contributed by atoms with Crippen LogP contribution in [0.3, 0.4) is 0 Å². The Balaban J connectivity index is 1.61. The van der Waals surface area contributed by atoms with Crippen LogP contribution in [0.15, 0.2) is 48.5 Å². The molecule has 1 aliphatic heterocycles. The van der Waals surface area contributed by atoms with E-state index in [4.69, 9.17) is 4.74 Å². The van der Waals surface area contributed by atoms with Crippen LogP contribution < -0.4 is 20.9 Å². The van der Waals surface area contributed by atoms with Crippen LogP contribution in [0.2, 0.25) is 0 Å². The molecule has 0 radical (unpaired) electrons. The molecule has 0 spiro atoms. The summed E-state index contributed by atoms with van der Waals surface area (Å²) in [6, 6.07) is 15.5. The second kappa shape index (κ2) is 10.6. The molecule has 1 heterocycles. The van der Waals surface area contributed by atoms with Gasteiger partial charge in [-0.25, -0.2) is 4.79 Å². The maximum atomic E-state index is 12.5. The fourth-order valence-corrected chi connectivity index (χ4v) is 4.02. The van der Waals surface area contributed by atoms with Gasteiger partial charge in [0.2, 0.25) is 11.8 Å². The van der Waals surface area contributed by atoms with Gasteiger partial charge in [0.15, 0.2) is 0 Å². The van der Waals surface area contributed by atoms with Crippen molar-refractivity contribution in [3.05, 3.63) is 54.1 Å². The number of nitrogens with one attached hydrogen (secondary N) is 3. The number of anilines is 3. The summed E-state index contributed by atoms with van der Waals surface area (Å²) in [7, 11) is 0. The molecule has 2 aromatic carbocycles. The van der Waals surface area contributed by atoms with E-state index in [0.717, 1.165) is 23.4 Å². The van der Waals surface area contributed by atoms with Gasteiger partial charge in [0.25, 0.3) is 0 Å². The molecule has 34 heavy (non-hydrogen) atoms. The molecule has 8 heteroatoms. The monoisotopic (exact) mass is 466 g/mol. The van der Waals surface area contributed by atoms with Gasteiger partial charge in [-0.05, 0) is 70.0 Å². The quantitative estimate of drug-likeness (QED) is 0.566. The normalized spacial score (nSPS) is 17.4. The predicted molar refractivity (Wildman–Crippen MR) is 134 cm³/mol. The smallest absolute Gasteiger partial charge is 0.408 e. The molecule has 0 unspecified atom stereocenters. The number of benzene rings is 2. The van der Waals surface area contributed by atoms with E-state index in [0.29, 0.717) is 12.1 Å². The van der Waals surface area contributed by atoms with Crippen LogP contribution in [0.5, 0.6) is 0 Å². The zero-order chi connectivity index (χ0) is 24.9.